The van der Waals surface area contributed by atoms with Crippen molar-refractivity contribution in [1.29, 1.82) is 0 Å². The summed E-state index contributed by atoms with van der Waals surface area (Å²) in [6, 6.07) is 4.68. The van der Waals surface area contributed by atoms with E-state index in [1.807, 2.05) is 13.1 Å². The number of aromatic nitrogens is 2. The van der Waals surface area contributed by atoms with Crippen molar-refractivity contribution in [2.45, 2.75) is 33.2 Å². The molecule has 0 atom stereocenters. The first-order chi connectivity index (χ1) is 9.63. The summed E-state index contributed by atoms with van der Waals surface area (Å²) in [6.45, 7) is 5.03. The van der Waals surface area contributed by atoms with Crippen molar-refractivity contribution in [2.75, 3.05) is 12.4 Å². The number of hydrogen-bond acceptors (Lipinski definition) is 3. The minimum absolute atomic E-state index is 0.221. The molecule has 0 fully saturated rings. The SMILES string of the molecule is CCCCn1cc(C)nc1Nc1ccc(F)c(OC)c1. The largest absolute Gasteiger partial charge is 0.494 e. The number of halogens is 1. The second-order valence-electron chi connectivity index (χ2n) is 4.73. The highest BCUT2D eigenvalue weighted by atomic mass is 19.1. The quantitative estimate of drug-likeness (QED) is 0.870. The van der Waals surface area contributed by atoms with Crippen LogP contribution in [0, 0.1) is 12.7 Å². The highest BCUT2D eigenvalue weighted by Crippen LogP contribution is 2.24. The maximum atomic E-state index is 13.4. The first kappa shape index (κ1) is 14.4. The van der Waals surface area contributed by atoms with E-state index in [-0.39, 0.29) is 11.6 Å². The summed E-state index contributed by atoms with van der Waals surface area (Å²) in [7, 11) is 1.45. The smallest absolute Gasteiger partial charge is 0.207 e. The summed E-state index contributed by atoms with van der Waals surface area (Å²) >= 11 is 0. The fourth-order valence-corrected chi connectivity index (χ4v) is 2.01. The number of ether oxygens (including phenoxy) is 1. The van der Waals surface area contributed by atoms with Crippen molar-refractivity contribution in [1.82, 2.24) is 9.55 Å². The van der Waals surface area contributed by atoms with Gasteiger partial charge in [0.15, 0.2) is 11.6 Å². The summed E-state index contributed by atoms with van der Waals surface area (Å²) in [5.41, 5.74) is 1.71. The Morgan fingerprint density at radius 3 is 2.90 bits per heavy atom. The molecule has 20 heavy (non-hydrogen) atoms. The monoisotopic (exact) mass is 277 g/mol. The number of rotatable bonds is 6. The molecule has 1 aromatic heterocycles. The number of aryl methyl sites for hydroxylation is 2. The van der Waals surface area contributed by atoms with Crippen LogP contribution in [0.2, 0.25) is 0 Å². The fraction of sp³-hybridized carbons (Fsp3) is 0.400. The molecule has 2 rings (SSSR count). The van der Waals surface area contributed by atoms with E-state index in [0.29, 0.717) is 0 Å². The Bertz CT molecular complexity index is 580. The fourth-order valence-electron chi connectivity index (χ4n) is 2.01. The summed E-state index contributed by atoms with van der Waals surface area (Å²) < 4.78 is 20.4. The number of unbranched alkanes of at least 4 members (excludes halogenated alkanes) is 1. The summed E-state index contributed by atoms with van der Waals surface area (Å²) in [5.74, 6) is 0.617. The molecule has 0 bridgehead atoms. The van der Waals surface area contributed by atoms with Gasteiger partial charge in [-0.3, -0.25) is 0 Å². The molecule has 0 aliphatic carbocycles. The molecule has 0 amide bonds. The predicted molar refractivity (Wildman–Crippen MR) is 78.1 cm³/mol. The second kappa shape index (κ2) is 6.41. The molecule has 0 saturated carbocycles. The van der Waals surface area contributed by atoms with Gasteiger partial charge in [-0.1, -0.05) is 13.3 Å². The van der Waals surface area contributed by atoms with E-state index < -0.39 is 0 Å². The summed E-state index contributed by atoms with van der Waals surface area (Å²) in [4.78, 5) is 4.45. The maximum Gasteiger partial charge on any atom is 0.207 e. The van der Waals surface area contributed by atoms with Gasteiger partial charge in [-0.15, -0.1) is 0 Å². The molecule has 0 unspecified atom stereocenters. The van der Waals surface area contributed by atoms with Gasteiger partial charge < -0.3 is 14.6 Å². The van der Waals surface area contributed by atoms with Crippen LogP contribution in [0.3, 0.4) is 0 Å². The lowest BCUT2D eigenvalue weighted by Crippen LogP contribution is -2.03. The summed E-state index contributed by atoms with van der Waals surface area (Å²) in [5, 5.41) is 3.21. The van der Waals surface area contributed by atoms with Crippen LogP contribution in [0.5, 0.6) is 5.75 Å². The maximum absolute atomic E-state index is 13.4. The van der Waals surface area contributed by atoms with Crippen molar-refractivity contribution >= 4 is 11.6 Å². The summed E-state index contributed by atoms with van der Waals surface area (Å²) in [6.07, 6.45) is 4.23. The van der Waals surface area contributed by atoms with E-state index in [4.69, 9.17) is 4.74 Å². The molecule has 0 spiro atoms. The normalized spacial score (nSPS) is 10.6. The Hall–Kier alpha value is -2.04. The number of methoxy groups -OCH3 is 1. The van der Waals surface area contributed by atoms with Crippen LogP contribution < -0.4 is 10.1 Å². The average Bonchev–Trinajstić information content (AvgIpc) is 2.78. The molecular weight excluding hydrogens is 257 g/mol. The van der Waals surface area contributed by atoms with Gasteiger partial charge in [0, 0.05) is 24.5 Å². The van der Waals surface area contributed by atoms with E-state index in [0.717, 1.165) is 36.7 Å². The Labute approximate surface area is 118 Å². The molecule has 1 N–H and O–H groups in total. The van der Waals surface area contributed by atoms with Gasteiger partial charge in [0.05, 0.1) is 12.8 Å². The lowest BCUT2D eigenvalue weighted by atomic mass is 10.3. The third-order valence-electron chi connectivity index (χ3n) is 3.06. The van der Waals surface area contributed by atoms with E-state index in [9.17, 15) is 4.39 Å². The van der Waals surface area contributed by atoms with Crippen LogP contribution in [0.15, 0.2) is 24.4 Å². The zero-order valence-corrected chi connectivity index (χ0v) is 12.1. The zero-order valence-electron chi connectivity index (χ0n) is 12.1. The lowest BCUT2D eigenvalue weighted by Gasteiger charge is -2.10. The van der Waals surface area contributed by atoms with Crippen LogP contribution in [-0.4, -0.2) is 16.7 Å². The van der Waals surface area contributed by atoms with E-state index in [1.54, 1.807) is 12.1 Å². The molecule has 0 aliphatic rings. The highest BCUT2D eigenvalue weighted by molar-refractivity contribution is 5.56. The van der Waals surface area contributed by atoms with E-state index in [2.05, 4.69) is 21.8 Å². The molecule has 0 saturated heterocycles. The standard InChI is InChI=1S/C15H20FN3O/c1-4-5-8-19-10-11(2)17-15(19)18-12-6-7-13(16)14(9-12)20-3/h6-7,9-10H,4-5,8H2,1-3H3,(H,17,18). The van der Waals surface area contributed by atoms with Crippen LogP contribution in [0.1, 0.15) is 25.5 Å². The van der Waals surface area contributed by atoms with Crippen molar-refractivity contribution < 1.29 is 9.13 Å². The lowest BCUT2D eigenvalue weighted by molar-refractivity contribution is 0.387. The number of hydrogen-bond donors (Lipinski definition) is 1. The van der Waals surface area contributed by atoms with Crippen LogP contribution >= 0.6 is 0 Å². The molecule has 0 aliphatic heterocycles. The zero-order chi connectivity index (χ0) is 14.5. The second-order valence-corrected chi connectivity index (χ2v) is 4.73. The van der Waals surface area contributed by atoms with Gasteiger partial charge in [0.1, 0.15) is 0 Å². The molecule has 4 nitrogen and oxygen atoms in total. The predicted octanol–water partition coefficient (Wildman–Crippen LogP) is 3.88. The molecule has 2 aromatic rings. The number of imidazole rings is 1. The van der Waals surface area contributed by atoms with Crippen LogP contribution in [0.4, 0.5) is 16.0 Å². The number of nitrogens with zero attached hydrogens (tertiary/aromatic N) is 2. The van der Waals surface area contributed by atoms with Crippen LogP contribution in [0.25, 0.3) is 0 Å². The Kier molecular flexibility index (Phi) is 4.61. The van der Waals surface area contributed by atoms with Crippen molar-refractivity contribution in [3.05, 3.63) is 35.9 Å². The van der Waals surface area contributed by atoms with Crippen LogP contribution in [-0.2, 0) is 6.54 Å². The molecule has 0 radical (unpaired) electrons. The van der Waals surface area contributed by atoms with Gasteiger partial charge in [-0.2, -0.15) is 0 Å². The topological polar surface area (TPSA) is 39.1 Å². The van der Waals surface area contributed by atoms with Crippen molar-refractivity contribution in [3.8, 4) is 5.75 Å². The Balaban J connectivity index is 2.20. The molecule has 5 heteroatoms. The third-order valence-corrected chi connectivity index (χ3v) is 3.06. The molecule has 1 heterocycles. The van der Waals surface area contributed by atoms with E-state index in [1.165, 1.54) is 13.2 Å². The number of anilines is 2. The van der Waals surface area contributed by atoms with Gasteiger partial charge in [0.25, 0.3) is 0 Å². The Morgan fingerprint density at radius 2 is 2.20 bits per heavy atom. The highest BCUT2D eigenvalue weighted by Gasteiger charge is 2.08. The first-order valence-electron chi connectivity index (χ1n) is 6.78. The molecule has 108 valence electrons. The third kappa shape index (κ3) is 3.29. The number of nitrogens with one attached hydrogen (secondary N) is 1. The minimum Gasteiger partial charge on any atom is -0.494 e. The molecule has 1 aromatic carbocycles. The first-order valence-corrected chi connectivity index (χ1v) is 6.78. The van der Waals surface area contributed by atoms with Gasteiger partial charge in [-0.05, 0) is 25.5 Å². The van der Waals surface area contributed by atoms with Gasteiger partial charge in [-0.25, -0.2) is 9.37 Å². The average molecular weight is 277 g/mol. The van der Waals surface area contributed by atoms with Crippen molar-refractivity contribution in [3.63, 3.8) is 0 Å². The van der Waals surface area contributed by atoms with Gasteiger partial charge >= 0.3 is 0 Å². The molecular formula is C15H20FN3O. The minimum atomic E-state index is -0.372. The van der Waals surface area contributed by atoms with E-state index >= 15 is 0 Å². The Morgan fingerprint density at radius 1 is 1.40 bits per heavy atom. The van der Waals surface area contributed by atoms with Gasteiger partial charge in [0.2, 0.25) is 5.95 Å². The van der Waals surface area contributed by atoms with Crippen molar-refractivity contribution in [2.24, 2.45) is 0 Å². The number of benzene rings is 1.